The molecule has 0 aliphatic heterocycles. The number of esters is 1. The minimum atomic E-state index is -0.875. The summed E-state index contributed by atoms with van der Waals surface area (Å²) in [5, 5.41) is 11.4. The van der Waals surface area contributed by atoms with E-state index in [1.54, 1.807) is 0 Å². The van der Waals surface area contributed by atoms with Crippen LogP contribution in [0.1, 0.15) is 0 Å². The lowest BCUT2D eigenvalue weighted by Gasteiger charge is -2.08. The average molecular weight is 163 g/mol. The minimum Gasteiger partial charge on any atom is -0.468 e. The van der Waals surface area contributed by atoms with Crippen LogP contribution in [0.25, 0.3) is 0 Å². The van der Waals surface area contributed by atoms with Crippen molar-refractivity contribution in [2.75, 3.05) is 27.3 Å². The molecule has 0 radical (unpaired) electrons. The number of hydrogen-bond acceptors (Lipinski definition) is 5. The van der Waals surface area contributed by atoms with E-state index in [1.165, 1.54) is 14.2 Å². The molecular formula is C6H13NO4. The van der Waals surface area contributed by atoms with Crippen LogP contribution in [0, 0.1) is 0 Å². The van der Waals surface area contributed by atoms with Crippen molar-refractivity contribution in [1.82, 2.24) is 5.32 Å². The quantitative estimate of drug-likeness (QED) is 0.390. The van der Waals surface area contributed by atoms with Crippen molar-refractivity contribution in [3.63, 3.8) is 0 Å². The van der Waals surface area contributed by atoms with Gasteiger partial charge in [-0.2, -0.15) is 0 Å². The van der Waals surface area contributed by atoms with Crippen molar-refractivity contribution in [2.45, 2.75) is 6.29 Å². The lowest BCUT2D eigenvalue weighted by atomic mass is 10.5. The highest BCUT2D eigenvalue weighted by molar-refractivity contribution is 5.71. The van der Waals surface area contributed by atoms with Crippen molar-refractivity contribution < 1.29 is 19.4 Å². The summed E-state index contributed by atoms with van der Waals surface area (Å²) in [6, 6.07) is 0. The first-order chi connectivity index (χ1) is 5.20. The van der Waals surface area contributed by atoms with Crippen LogP contribution in [-0.4, -0.2) is 44.7 Å². The van der Waals surface area contributed by atoms with Gasteiger partial charge in [0.05, 0.1) is 13.7 Å². The summed E-state index contributed by atoms with van der Waals surface area (Å²) in [6.45, 7) is 0.294. The molecule has 0 heterocycles. The molecule has 0 fully saturated rings. The Morgan fingerprint density at radius 3 is 2.73 bits per heavy atom. The maximum Gasteiger partial charge on any atom is 0.319 e. The zero-order chi connectivity index (χ0) is 8.69. The SMILES string of the molecule is COC(=O)CNCC(O)OC. The van der Waals surface area contributed by atoms with Crippen LogP contribution in [0.5, 0.6) is 0 Å². The van der Waals surface area contributed by atoms with Gasteiger partial charge in [0.25, 0.3) is 0 Å². The van der Waals surface area contributed by atoms with E-state index in [2.05, 4.69) is 14.8 Å². The Balaban J connectivity index is 3.20. The zero-order valence-electron chi connectivity index (χ0n) is 6.66. The van der Waals surface area contributed by atoms with Crippen molar-refractivity contribution in [2.24, 2.45) is 0 Å². The van der Waals surface area contributed by atoms with Crippen molar-refractivity contribution in [1.29, 1.82) is 0 Å². The van der Waals surface area contributed by atoms with Crippen LogP contribution in [0.2, 0.25) is 0 Å². The van der Waals surface area contributed by atoms with E-state index in [9.17, 15) is 4.79 Å². The summed E-state index contributed by atoms with van der Waals surface area (Å²) in [5.74, 6) is -0.367. The lowest BCUT2D eigenvalue weighted by Crippen LogP contribution is -2.32. The van der Waals surface area contributed by atoms with Crippen molar-refractivity contribution in [3.8, 4) is 0 Å². The van der Waals surface area contributed by atoms with Crippen LogP contribution in [0.4, 0.5) is 0 Å². The number of rotatable bonds is 5. The van der Waals surface area contributed by atoms with E-state index in [0.717, 1.165) is 0 Å². The van der Waals surface area contributed by atoms with Gasteiger partial charge in [-0.3, -0.25) is 4.79 Å². The third-order valence-corrected chi connectivity index (χ3v) is 1.09. The van der Waals surface area contributed by atoms with E-state index in [0.29, 0.717) is 0 Å². The second kappa shape index (κ2) is 6.09. The highest BCUT2D eigenvalue weighted by atomic mass is 16.6. The Bertz CT molecular complexity index is 117. The molecule has 1 atom stereocenters. The van der Waals surface area contributed by atoms with Crippen molar-refractivity contribution >= 4 is 5.97 Å². The van der Waals surface area contributed by atoms with Crippen molar-refractivity contribution in [3.05, 3.63) is 0 Å². The second-order valence-corrected chi connectivity index (χ2v) is 1.90. The van der Waals surface area contributed by atoms with Gasteiger partial charge in [-0.1, -0.05) is 0 Å². The lowest BCUT2D eigenvalue weighted by molar-refractivity contribution is -0.139. The maximum atomic E-state index is 10.5. The molecule has 0 saturated carbocycles. The Kier molecular flexibility index (Phi) is 5.73. The Morgan fingerprint density at radius 2 is 2.27 bits per heavy atom. The normalized spacial score (nSPS) is 12.6. The predicted molar refractivity (Wildman–Crippen MR) is 37.9 cm³/mol. The summed E-state index contributed by atoms with van der Waals surface area (Å²) in [4.78, 5) is 10.5. The number of aliphatic hydroxyl groups is 1. The molecule has 11 heavy (non-hydrogen) atoms. The largest absolute Gasteiger partial charge is 0.468 e. The fourth-order valence-corrected chi connectivity index (χ4v) is 0.453. The summed E-state index contributed by atoms with van der Waals surface area (Å²) >= 11 is 0. The Hall–Kier alpha value is -0.650. The number of carbonyl (C=O) groups is 1. The molecule has 0 aliphatic carbocycles. The molecule has 0 saturated heterocycles. The van der Waals surface area contributed by atoms with Gasteiger partial charge in [-0.05, 0) is 0 Å². The van der Waals surface area contributed by atoms with Gasteiger partial charge >= 0.3 is 5.97 Å². The molecule has 0 rings (SSSR count). The molecule has 2 N–H and O–H groups in total. The zero-order valence-corrected chi connectivity index (χ0v) is 6.66. The first-order valence-corrected chi connectivity index (χ1v) is 3.19. The molecule has 0 bridgehead atoms. The van der Waals surface area contributed by atoms with Crippen LogP contribution >= 0.6 is 0 Å². The molecule has 0 aliphatic rings. The van der Waals surface area contributed by atoms with Gasteiger partial charge in [0, 0.05) is 13.7 Å². The van der Waals surface area contributed by atoms with E-state index < -0.39 is 6.29 Å². The molecule has 5 heteroatoms. The summed E-state index contributed by atoms with van der Waals surface area (Å²) in [7, 11) is 2.68. The fourth-order valence-electron chi connectivity index (χ4n) is 0.453. The number of ether oxygens (including phenoxy) is 2. The van der Waals surface area contributed by atoms with Gasteiger partial charge in [-0.25, -0.2) is 0 Å². The van der Waals surface area contributed by atoms with Crippen LogP contribution in [0.15, 0.2) is 0 Å². The molecular weight excluding hydrogens is 150 g/mol. The standard InChI is InChI=1S/C6H13NO4/c1-10-5(8)3-7-4-6(9)11-2/h5,7-8H,3-4H2,1-2H3. The molecule has 0 aromatic carbocycles. The van der Waals surface area contributed by atoms with E-state index >= 15 is 0 Å². The predicted octanol–water partition coefficient (Wildman–Crippen LogP) is -1.29. The monoisotopic (exact) mass is 163 g/mol. The van der Waals surface area contributed by atoms with Gasteiger partial charge in [0.2, 0.25) is 0 Å². The van der Waals surface area contributed by atoms with Crippen LogP contribution in [0.3, 0.4) is 0 Å². The molecule has 0 amide bonds. The smallest absolute Gasteiger partial charge is 0.319 e. The Labute approximate surface area is 65.3 Å². The topological polar surface area (TPSA) is 67.8 Å². The molecule has 1 unspecified atom stereocenters. The molecule has 0 aromatic rings. The van der Waals surface area contributed by atoms with E-state index in [-0.39, 0.29) is 19.1 Å². The van der Waals surface area contributed by atoms with Crippen LogP contribution in [-0.2, 0) is 14.3 Å². The molecule has 0 spiro atoms. The third-order valence-electron chi connectivity index (χ3n) is 1.09. The highest BCUT2D eigenvalue weighted by Gasteiger charge is 2.02. The number of hydrogen-bond donors (Lipinski definition) is 2. The van der Waals surface area contributed by atoms with E-state index in [1.807, 2.05) is 0 Å². The van der Waals surface area contributed by atoms with Gasteiger partial charge in [0.15, 0.2) is 6.29 Å². The summed E-state index contributed by atoms with van der Waals surface area (Å²) in [5.41, 5.74) is 0. The fraction of sp³-hybridized carbons (Fsp3) is 0.833. The first-order valence-electron chi connectivity index (χ1n) is 3.19. The average Bonchev–Trinajstić information content (AvgIpc) is 2.04. The second-order valence-electron chi connectivity index (χ2n) is 1.90. The maximum absolute atomic E-state index is 10.5. The summed E-state index contributed by atoms with van der Waals surface area (Å²) < 4.78 is 8.85. The highest BCUT2D eigenvalue weighted by Crippen LogP contribution is 1.78. The summed E-state index contributed by atoms with van der Waals surface area (Å²) in [6.07, 6.45) is -0.875. The molecule has 66 valence electrons. The Morgan fingerprint density at radius 1 is 1.64 bits per heavy atom. The van der Waals surface area contributed by atoms with Gasteiger partial charge in [0.1, 0.15) is 0 Å². The first kappa shape index (κ1) is 10.3. The van der Waals surface area contributed by atoms with E-state index in [4.69, 9.17) is 5.11 Å². The number of nitrogens with one attached hydrogen (secondary N) is 1. The van der Waals surface area contributed by atoms with Crippen LogP contribution < -0.4 is 5.32 Å². The number of aliphatic hydroxyl groups excluding tert-OH is 1. The minimum absolute atomic E-state index is 0.0803. The third kappa shape index (κ3) is 5.78. The molecule has 5 nitrogen and oxygen atoms in total. The number of methoxy groups -OCH3 is 2. The molecule has 0 aromatic heterocycles. The van der Waals surface area contributed by atoms with Gasteiger partial charge in [-0.15, -0.1) is 0 Å². The number of carbonyl (C=O) groups excluding carboxylic acids is 1. The van der Waals surface area contributed by atoms with Gasteiger partial charge < -0.3 is 19.9 Å².